The number of carbonyl (C=O) groups is 1. The topological polar surface area (TPSA) is 98.1 Å². The van der Waals surface area contributed by atoms with Crippen LogP contribution in [0.3, 0.4) is 0 Å². The molecule has 1 aliphatic rings. The molecule has 28 heavy (non-hydrogen) atoms. The molecule has 1 saturated heterocycles. The summed E-state index contributed by atoms with van der Waals surface area (Å²) < 4.78 is 25.3. The summed E-state index contributed by atoms with van der Waals surface area (Å²) in [7, 11) is -3.08. The number of carbonyl (C=O) groups excluding carboxylic acids is 1. The van der Waals surface area contributed by atoms with E-state index >= 15 is 0 Å². The van der Waals surface area contributed by atoms with Gasteiger partial charge in [0.1, 0.15) is 0 Å². The van der Waals surface area contributed by atoms with E-state index in [-0.39, 0.29) is 29.1 Å². The minimum absolute atomic E-state index is 0.0100. The Morgan fingerprint density at radius 1 is 1.32 bits per heavy atom. The maximum Gasteiger partial charge on any atom is 0.276 e. The van der Waals surface area contributed by atoms with E-state index in [0.29, 0.717) is 18.7 Å². The van der Waals surface area contributed by atoms with Gasteiger partial charge in [0.15, 0.2) is 15.5 Å². The SMILES string of the molecule is CCN(C(=O)c1nnn(-c2cccc3cnccc23)c1C)C1CCS(=O)(=O)C1. The lowest BCUT2D eigenvalue weighted by atomic mass is 10.1. The lowest BCUT2D eigenvalue weighted by Crippen LogP contribution is -2.41. The van der Waals surface area contributed by atoms with Crippen LogP contribution in [-0.4, -0.2) is 63.3 Å². The van der Waals surface area contributed by atoms with Crippen molar-refractivity contribution in [2.24, 2.45) is 0 Å². The fourth-order valence-electron chi connectivity index (χ4n) is 3.77. The van der Waals surface area contributed by atoms with Gasteiger partial charge in [0, 0.05) is 35.8 Å². The van der Waals surface area contributed by atoms with E-state index in [2.05, 4.69) is 15.3 Å². The van der Waals surface area contributed by atoms with Crippen molar-refractivity contribution < 1.29 is 13.2 Å². The number of pyridine rings is 1. The summed E-state index contributed by atoms with van der Waals surface area (Å²) in [5, 5.41) is 10.3. The molecule has 3 aromatic rings. The Labute approximate surface area is 163 Å². The van der Waals surface area contributed by atoms with Crippen LogP contribution in [-0.2, 0) is 9.84 Å². The summed E-state index contributed by atoms with van der Waals surface area (Å²) in [6, 6.07) is 7.37. The van der Waals surface area contributed by atoms with Gasteiger partial charge in [-0.2, -0.15) is 0 Å². The molecule has 1 atom stereocenters. The molecule has 8 nitrogen and oxygen atoms in total. The van der Waals surface area contributed by atoms with Gasteiger partial charge in [-0.3, -0.25) is 9.78 Å². The smallest absolute Gasteiger partial charge is 0.276 e. The Morgan fingerprint density at radius 3 is 2.86 bits per heavy atom. The van der Waals surface area contributed by atoms with Gasteiger partial charge in [0.25, 0.3) is 5.91 Å². The molecule has 146 valence electrons. The predicted octanol–water partition coefficient (Wildman–Crippen LogP) is 1.77. The molecule has 0 spiro atoms. The van der Waals surface area contributed by atoms with Gasteiger partial charge in [-0.25, -0.2) is 13.1 Å². The molecule has 3 heterocycles. The highest BCUT2D eigenvalue weighted by molar-refractivity contribution is 7.91. The molecule has 2 aromatic heterocycles. The van der Waals surface area contributed by atoms with Crippen LogP contribution in [0, 0.1) is 6.92 Å². The molecular formula is C19H21N5O3S. The van der Waals surface area contributed by atoms with Crippen molar-refractivity contribution >= 4 is 26.5 Å². The second kappa shape index (κ2) is 6.97. The average molecular weight is 399 g/mol. The Hall–Kier alpha value is -2.81. The number of rotatable bonds is 4. The van der Waals surface area contributed by atoms with Crippen molar-refractivity contribution in [3.05, 3.63) is 48.0 Å². The van der Waals surface area contributed by atoms with Gasteiger partial charge in [0.2, 0.25) is 0 Å². The first-order chi connectivity index (χ1) is 13.4. The first-order valence-corrected chi connectivity index (χ1v) is 11.0. The molecule has 1 aliphatic heterocycles. The van der Waals surface area contributed by atoms with Gasteiger partial charge in [-0.05, 0) is 32.4 Å². The predicted molar refractivity (Wildman–Crippen MR) is 105 cm³/mol. The molecular weight excluding hydrogens is 378 g/mol. The van der Waals surface area contributed by atoms with Crippen molar-refractivity contribution in [3.63, 3.8) is 0 Å². The quantitative estimate of drug-likeness (QED) is 0.663. The van der Waals surface area contributed by atoms with Gasteiger partial charge >= 0.3 is 0 Å². The maximum absolute atomic E-state index is 13.1. The van der Waals surface area contributed by atoms with Crippen LogP contribution in [0.4, 0.5) is 0 Å². The Balaban J connectivity index is 1.71. The van der Waals surface area contributed by atoms with Crippen LogP contribution >= 0.6 is 0 Å². The molecule has 1 aromatic carbocycles. The van der Waals surface area contributed by atoms with Gasteiger partial charge in [-0.1, -0.05) is 17.3 Å². The first-order valence-electron chi connectivity index (χ1n) is 9.18. The fraction of sp³-hybridized carbons (Fsp3) is 0.368. The van der Waals surface area contributed by atoms with Crippen molar-refractivity contribution in [1.29, 1.82) is 0 Å². The number of amides is 1. The van der Waals surface area contributed by atoms with Crippen LogP contribution in [0.5, 0.6) is 0 Å². The third-order valence-corrected chi connectivity index (χ3v) is 6.98. The van der Waals surface area contributed by atoms with Crippen molar-refractivity contribution in [2.75, 3.05) is 18.1 Å². The van der Waals surface area contributed by atoms with Crippen molar-refractivity contribution in [3.8, 4) is 5.69 Å². The lowest BCUT2D eigenvalue weighted by Gasteiger charge is -2.26. The molecule has 1 fully saturated rings. The normalized spacial score (nSPS) is 18.4. The Morgan fingerprint density at radius 2 is 2.14 bits per heavy atom. The van der Waals surface area contributed by atoms with Crippen LogP contribution in [0.25, 0.3) is 16.5 Å². The van der Waals surface area contributed by atoms with Gasteiger partial charge < -0.3 is 4.90 Å². The number of aromatic nitrogens is 4. The summed E-state index contributed by atoms with van der Waals surface area (Å²) in [4.78, 5) is 18.8. The number of hydrogen-bond acceptors (Lipinski definition) is 6. The second-order valence-corrected chi connectivity index (χ2v) is 9.19. The average Bonchev–Trinajstić information content (AvgIpc) is 3.24. The molecule has 9 heteroatoms. The van der Waals surface area contributed by atoms with E-state index in [1.54, 1.807) is 28.9 Å². The van der Waals surface area contributed by atoms with Crippen LogP contribution < -0.4 is 0 Å². The van der Waals surface area contributed by atoms with Gasteiger partial charge in [0.05, 0.1) is 22.9 Å². The number of benzene rings is 1. The minimum atomic E-state index is -3.08. The highest BCUT2D eigenvalue weighted by Gasteiger charge is 2.35. The monoisotopic (exact) mass is 399 g/mol. The molecule has 0 radical (unpaired) electrons. The van der Waals surface area contributed by atoms with E-state index in [9.17, 15) is 13.2 Å². The summed E-state index contributed by atoms with van der Waals surface area (Å²) in [5.74, 6) is -0.150. The summed E-state index contributed by atoms with van der Waals surface area (Å²) in [6.45, 7) is 4.07. The maximum atomic E-state index is 13.1. The van der Waals surface area contributed by atoms with E-state index in [1.807, 2.05) is 31.2 Å². The zero-order valence-electron chi connectivity index (χ0n) is 15.7. The molecule has 4 rings (SSSR count). The van der Waals surface area contributed by atoms with E-state index in [0.717, 1.165) is 16.5 Å². The molecule has 0 bridgehead atoms. The third kappa shape index (κ3) is 3.15. The molecule has 1 unspecified atom stereocenters. The van der Waals surface area contributed by atoms with Crippen molar-refractivity contribution in [1.82, 2.24) is 24.9 Å². The summed E-state index contributed by atoms with van der Waals surface area (Å²) in [6.07, 6.45) is 3.95. The zero-order chi connectivity index (χ0) is 19.9. The van der Waals surface area contributed by atoms with Gasteiger partial charge in [-0.15, -0.1) is 5.10 Å². The third-order valence-electron chi connectivity index (χ3n) is 5.23. The Bertz CT molecular complexity index is 1150. The molecule has 0 saturated carbocycles. The zero-order valence-corrected chi connectivity index (χ0v) is 16.6. The van der Waals surface area contributed by atoms with E-state index in [1.165, 1.54) is 0 Å². The van der Waals surface area contributed by atoms with Crippen molar-refractivity contribution in [2.45, 2.75) is 26.3 Å². The van der Waals surface area contributed by atoms with Crippen LogP contribution in [0.15, 0.2) is 36.7 Å². The second-order valence-electron chi connectivity index (χ2n) is 6.96. The van der Waals surface area contributed by atoms with E-state index in [4.69, 9.17) is 0 Å². The minimum Gasteiger partial charge on any atom is -0.333 e. The Kier molecular flexibility index (Phi) is 4.62. The number of nitrogens with zero attached hydrogens (tertiary/aromatic N) is 5. The van der Waals surface area contributed by atoms with E-state index < -0.39 is 9.84 Å². The summed E-state index contributed by atoms with van der Waals surface area (Å²) in [5.41, 5.74) is 1.68. The highest BCUT2D eigenvalue weighted by Crippen LogP contribution is 2.24. The number of hydrogen-bond donors (Lipinski definition) is 0. The number of fused-ring (bicyclic) bond motifs is 1. The fourth-order valence-corrected chi connectivity index (χ4v) is 5.50. The number of sulfone groups is 1. The highest BCUT2D eigenvalue weighted by atomic mass is 32.2. The molecule has 0 N–H and O–H groups in total. The molecule has 0 aliphatic carbocycles. The summed E-state index contributed by atoms with van der Waals surface area (Å²) >= 11 is 0. The first kappa shape index (κ1) is 18.5. The lowest BCUT2D eigenvalue weighted by molar-refractivity contribution is 0.0701. The van der Waals surface area contributed by atoms with Crippen LogP contribution in [0.2, 0.25) is 0 Å². The molecule has 1 amide bonds. The largest absolute Gasteiger partial charge is 0.333 e. The van der Waals surface area contributed by atoms with Crippen LogP contribution in [0.1, 0.15) is 29.5 Å². The standard InChI is InChI=1S/C19H21N5O3S/c1-3-23(15-8-10-28(26,27)12-15)19(25)18-13(2)24(22-21-18)17-6-4-5-14-11-20-9-7-16(14)17/h4-7,9,11,15H,3,8,10,12H2,1-2H3.